The van der Waals surface area contributed by atoms with Gasteiger partial charge in [0.2, 0.25) is 16.0 Å². The van der Waals surface area contributed by atoms with E-state index in [-0.39, 0.29) is 5.41 Å². The number of fused-ring (bicyclic) bond motifs is 1. The maximum atomic E-state index is 11.0. The van der Waals surface area contributed by atoms with Crippen molar-refractivity contribution in [1.29, 1.82) is 0 Å². The standard InChI is InChI=1S/C13H18NO2S/c1-5-14-9(2)13(3,4)11-8-10(17(15)16)6-7-12(11)14/h6-9H,5H2,1-4H3/q+1. The van der Waals surface area contributed by atoms with Crippen molar-refractivity contribution < 1.29 is 13.0 Å². The average molecular weight is 252 g/mol. The lowest BCUT2D eigenvalue weighted by Crippen LogP contribution is -2.31. The molecule has 0 spiro atoms. The number of rotatable bonds is 1. The summed E-state index contributed by atoms with van der Waals surface area (Å²) in [7, 11) is -2.15. The number of hydrogen-bond acceptors (Lipinski definition) is 2. The van der Waals surface area contributed by atoms with Crippen molar-refractivity contribution >= 4 is 20.9 Å². The van der Waals surface area contributed by atoms with Crippen molar-refractivity contribution in [2.24, 2.45) is 5.41 Å². The second-order valence-electron chi connectivity index (χ2n) is 5.10. The predicted molar refractivity (Wildman–Crippen MR) is 70.2 cm³/mol. The van der Waals surface area contributed by atoms with E-state index in [0.717, 1.165) is 12.1 Å². The first-order valence-electron chi connectivity index (χ1n) is 5.90. The van der Waals surface area contributed by atoms with Crippen molar-refractivity contribution in [3.8, 4) is 0 Å². The smallest absolute Gasteiger partial charge is 0.221 e. The van der Waals surface area contributed by atoms with Crippen molar-refractivity contribution in [3.63, 3.8) is 0 Å². The van der Waals surface area contributed by atoms with Crippen LogP contribution in [-0.4, -0.2) is 36.2 Å². The highest BCUT2D eigenvalue weighted by molar-refractivity contribution is 7.73. The van der Waals surface area contributed by atoms with E-state index in [0.29, 0.717) is 10.9 Å². The fourth-order valence-electron chi connectivity index (χ4n) is 2.65. The molecule has 0 aromatic carbocycles. The Labute approximate surface area is 104 Å². The van der Waals surface area contributed by atoms with Crippen LogP contribution in [0.3, 0.4) is 0 Å². The molecule has 1 aliphatic carbocycles. The maximum Gasteiger partial charge on any atom is 0.221 e. The van der Waals surface area contributed by atoms with Gasteiger partial charge in [-0.2, -0.15) is 8.42 Å². The molecular weight excluding hydrogens is 234 g/mol. The van der Waals surface area contributed by atoms with Crippen LogP contribution in [0.15, 0.2) is 23.8 Å². The van der Waals surface area contributed by atoms with Crippen LogP contribution in [0.5, 0.6) is 0 Å². The van der Waals surface area contributed by atoms with Gasteiger partial charge >= 0.3 is 0 Å². The first-order valence-corrected chi connectivity index (χ1v) is 6.97. The Kier molecular flexibility index (Phi) is 2.86. The summed E-state index contributed by atoms with van der Waals surface area (Å²) in [6, 6.07) is 0.387. The summed E-state index contributed by atoms with van der Waals surface area (Å²) >= 11 is 0. The van der Waals surface area contributed by atoms with Crippen LogP contribution >= 0.6 is 0 Å². The van der Waals surface area contributed by atoms with Gasteiger partial charge in [-0.05, 0) is 39.8 Å². The van der Waals surface area contributed by atoms with Crippen LogP contribution in [0.2, 0.25) is 0 Å². The third kappa shape index (κ3) is 1.71. The first kappa shape index (κ1) is 12.3. The Morgan fingerprint density at radius 2 is 2.00 bits per heavy atom. The lowest BCUT2D eigenvalue weighted by molar-refractivity contribution is -0.562. The fourth-order valence-corrected chi connectivity index (χ4v) is 3.05. The van der Waals surface area contributed by atoms with Crippen molar-refractivity contribution in [2.75, 3.05) is 6.54 Å². The minimum absolute atomic E-state index is 0.0132. The van der Waals surface area contributed by atoms with E-state index >= 15 is 0 Å². The summed E-state index contributed by atoms with van der Waals surface area (Å²) in [6.07, 6.45) is 5.42. The van der Waals surface area contributed by atoms with E-state index in [1.54, 1.807) is 6.08 Å². The number of nitrogens with zero attached hydrogens (tertiary/aromatic N) is 1. The molecule has 0 N–H and O–H groups in total. The van der Waals surface area contributed by atoms with Crippen LogP contribution in [0.4, 0.5) is 0 Å². The third-order valence-corrected chi connectivity index (χ3v) is 4.66. The van der Waals surface area contributed by atoms with Gasteiger partial charge in [0.05, 0.1) is 10.3 Å². The van der Waals surface area contributed by atoms with Crippen LogP contribution in [0, 0.1) is 5.41 Å². The normalized spacial score (nSPS) is 26.0. The lowest BCUT2D eigenvalue weighted by Gasteiger charge is -2.22. The molecule has 0 saturated carbocycles. The molecule has 0 aromatic heterocycles. The molecule has 1 unspecified atom stereocenters. The molecule has 2 rings (SSSR count). The SMILES string of the molecule is CC[N+]1=C2C=CC(=S(=O)=O)C=C2C(C)(C)C1C. The monoisotopic (exact) mass is 252 g/mol. The van der Waals surface area contributed by atoms with Crippen molar-refractivity contribution in [2.45, 2.75) is 33.7 Å². The second kappa shape index (κ2) is 3.95. The molecule has 0 aromatic rings. The van der Waals surface area contributed by atoms with Crippen molar-refractivity contribution in [3.05, 3.63) is 23.8 Å². The number of allylic oxidation sites excluding steroid dienone is 3. The Hall–Kier alpha value is -1.16. The van der Waals surface area contributed by atoms with Crippen molar-refractivity contribution in [1.82, 2.24) is 0 Å². The summed E-state index contributed by atoms with van der Waals surface area (Å²) in [5.41, 5.74) is 2.29. The quantitative estimate of drug-likeness (QED) is 0.523. The van der Waals surface area contributed by atoms with E-state index in [4.69, 9.17) is 0 Å². The molecule has 0 bridgehead atoms. The van der Waals surface area contributed by atoms with Gasteiger partial charge in [-0.3, -0.25) is 0 Å². The van der Waals surface area contributed by atoms with E-state index in [1.165, 1.54) is 5.71 Å². The fraction of sp³-hybridized carbons (Fsp3) is 0.538. The third-order valence-electron chi connectivity index (χ3n) is 4.02. The summed E-state index contributed by atoms with van der Waals surface area (Å²) in [5, 5.41) is 0. The van der Waals surface area contributed by atoms with Gasteiger partial charge in [0.25, 0.3) is 0 Å². The van der Waals surface area contributed by atoms with E-state index in [1.807, 2.05) is 12.2 Å². The maximum absolute atomic E-state index is 11.0. The molecule has 0 saturated heterocycles. The first-order chi connectivity index (χ1) is 7.89. The molecule has 92 valence electrons. The highest BCUT2D eigenvalue weighted by Crippen LogP contribution is 2.39. The lowest BCUT2D eigenvalue weighted by atomic mass is 9.78. The Balaban J connectivity index is 2.68. The highest BCUT2D eigenvalue weighted by atomic mass is 32.2. The minimum Gasteiger partial charge on any atom is -0.227 e. The van der Waals surface area contributed by atoms with Crippen LogP contribution in [0.1, 0.15) is 27.7 Å². The Morgan fingerprint density at radius 3 is 2.53 bits per heavy atom. The van der Waals surface area contributed by atoms with Crippen LogP contribution in [-0.2, 0) is 10.3 Å². The predicted octanol–water partition coefficient (Wildman–Crippen LogP) is 1.44. The molecular formula is C13H18NO2S+. The Bertz CT molecular complexity index is 581. The summed E-state index contributed by atoms with van der Waals surface area (Å²) in [6.45, 7) is 9.60. The zero-order valence-corrected chi connectivity index (χ0v) is 11.5. The van der Waals surface area contributed by atoms with Gasteiger partial charge in [-0.15, -0.1) is 0 Å². The highest BCUT2D eigenvalue weighted by Gasteiger charge is 2.48. The number of hydrogen-bond donors (Lipinski definition) is 0. The van der Waals surface area contributed by atoms with Crippen LogP contribution < -0.4 is 0 Å². The van der Waals surface area contributed by atoms with Gasteiger partial charge in [0.1, 0.15) is 6.54 Å². The zero-order valence-electron chi connectivity index (χ0n) is 10.7. The summed E-state index contributed by atoms with van der Waals surface area (Å²) in [4.78, 5) is 0.377. The van der Waals surface area contributed by atoms with Gasteiger partial charge in [0.15, 0.2) is 6.04 Å². The van der Waals surface area contributed by atoms with Gasteiger partial charge in [0, 0.05) is 11.6 Å². The van der Waals surface area contributed by atoms with Gasteiger partial charge in [-0.25, -0.2) is 4.58 Å². The zero-order chi connectivity index (χ0) is 12.8. The van der Waals surface area contributed by atoms with E-state index in [2.05, 4.69) is 32.3 Å². The van der Waals surface area contributed by atoms with E-state index in [9.17, 15) is 8.42 Å². The Morgan fingerprint density at radius 1 is 1.35 bits per heavy atom. The molecule has 3 nitrogen and oxygen atoms in total. The average Bonchev–Trinajstić information content (AvgIpc) is 2.47. The minimum atomic E-state index is -2.15. The molecule has 0 fully saturated rings. The largest absolute Gasteiger partial charge is 0.227 e. The van der Waals surface area contributed by atoms with Crippen LogP contribution in [0.25, 0.3) is 0 Å². The molecule has 0 radical (unpaired) electrons. The van der Waals surface area contributed by atoms with E-state index < -0.39 is 10.3 Å². The molecule has 0 amide bonds. The van der Waals surface area contributed by atoms with Gasteiger partial charge < -0.3 is 0 Å². The summed E-state index contributed by atoms with van der Waals surface area (Å²) < 4.78 is 24.4. The molecule has 1 atom stereocenters. The van der Waals surface area contributed by atoms with Gasteiger partial charge in [-0.1, -0.05) is 0 Å². The molecule has 17 heavy (non-hydrogen) atoms. The molecule has 1 aliphatic heterocycles. The molecule has 4 heteroatoms. The summed E-state index contributed by atoms with van der Waals surface area (Å²) in [5.74, 6) is 0. The molecule has 1 heterocycles. The molecule has 2 aliphatic rings. The topological polar surface area (TPSA) is 37.1 Å². The second-order valence-corrected chi connectivity index (χ2v) is 6.04.